The number of benzene rings is 1. The normalized spacial score (nSPS) is 17.9. The van der Waals surface area contributed by atoms with Gasteiger partial charge >= 0.3 is 5.97 Å². The molecular formula is C16H20N2O4. The van der Waals surface area contributed by atoms with Crippen molar-refractivity contribution in [2.75, 3.05) is 13.1 Å². The fourth-order valence-electron chi connectivity index (χ4n) is 2.60. The maximum Gasteiger partial charge on any atom is 0.303 e. The molecule has 0 spiro atoms. The van der Waals surface area contributed by atoms with Crippen LogP contribution in [0.2, 0.25) is 0 Å². The SMILES string of the molecule is O=C(O)CCCCC(=O)N1CCNC(=O)C1c1ccccc1. The van der Waals surface area contributed by atoms with E-state index in [1.165, 1.54) is 0 Å². The maximum atomic E-state index is 12.4. The van der Waals surface area contributed by atoms with Crippen LogP contribution in [0.15, 0.2) is 30.3 Å². The van der Waals surface area contributed by atoms with Gasteiger partial charge in [-0.1, -0.05) is 30.3 Å². The summed E-state index contributed by atoms with van der Waals surface area (Å²) in [5.74, 6) is -1.13. The van der Waals surface area contributed by atoms with Crippen LogP contribution in [-0.2, 0) is 14.4 Å². The highest BCUT2D eigenvalue weighted by Gasteiger charge is 2.33. The van der Waals surface area contributed by atoms with Gasteiger partial charge in [0.25, 0.3) is 0 Å². The van der Waals surface area contributed by atoms with E-state index >= 15 is 0 Å². The Morgan fingerprint density at radius 3 is 2.55 bits per heavy atom. The van der Waals surface area contributed by atoms with Crippen LogP contribution in [0.25, 0.3) is 0 Å². The standard InChI is InChI=1S/C16H20N2O4/c19-13(8-4-5-9-14(20)21)18-11-10-17-16(22)15(18)12-6-2-1-3-7-12/h1-3,6-7,15H,4-5,8-11H2,(H,17,22)(H,20,21). The van der Waals surface area contributed by atoms with Crippen molar-refractivity contribution >= 4 is 17.8 Å². The molecule has 1 atom stereocenters. The summed E-state index contributed by atoms with van der Waals surface area (Å²) >= 11 is 0. The number of nitrogens with one attached hydrogen (secondary N) is 1. The lowest BCUT2D eigenvalue weighted by Crippen LogP contribution is -2.52. The minimum atomic E-state index is -0.855. The number of aliphatic carboxylic acids is 1. The van der Waals surface area contributed by atoms with E-state index in [2.05, 4.69) is 5.32 Å². The highest BCUT2D eigenvalue weighted by molar-refractivity contribution is 5.89. The molecule has 1 aliphatic heterocycles. The van der Waals surface area contributed by atoms with Gasteiger partial charge in [-0.3, -0.25) is 14.4 Å². The van der Waals surface area contributed by atoms with Crippen molar-refractivity contribution in [3.63, 3.8) is 0 Å². The predicted octanol–water partition coefficient (Wildman–Crippen LogP) is 1.33. The lowest BCUT2D eigenvalue weighted by atomic mass is 10.0. The molecule has 2 amide bonds. The summed E-state index contributed by atoms with van der Waals surface area (Å²) in [7, 11) is 0. The van der Waals surface area contributed by atoms with Crippen LogP contribution in [0.5, 0.6) is 0 Å². The molecule has 118 valence electrons. The van der Waals surface area contributed by atoms with E-state index in [-0.39, 0.29) is 24.7 Å². The molecule has 1 aromatic carbocycles. The molecule has 22 heavy (non-hydrogen) atoms. The Morgan fingerprint density at radius 2 is 1.86 bits per heavy atom. The monoisotopic (exact) mass is 304 g/mol. The van der Waals surface area contributed by atoms with Crippen LogP contribution < -0.4 is 5.32 Å². The molecule has 2 rings (SSSR count). The molecule has 1 aliphatic rings. The molecule has 1 aromatic rings. The van der Waals surface area contributed by atoms with Gasteiger partial charge in [0.15, 0.2) is 0 Å². The summed E-state index contributed by atoms with van der Waals surface area (Å²) in [5, 5.41) is 11.4. The van der Waals surface area contributed by atoms with Gasteiger partial charge in [-0.05, 0) is 18.4 Å². The Labute approximate surface area is 129 Å². The van der Waals surface area contributed by atoms with Crippen molar-refractivity contribution in [3.05, 3.63) is 35.9 Å². The molecule has 6 nitrogen and oxygen atoms in total. The van der Waals surface area contributed by atoms with Gasteiger partial charge in [0.1, 0.15) is 6.04 Å². The number of hydrogen-bond acceptors (Lipinski definition) is 3. The van der Waals surface area contributed by atoms with E-state index in [1.807, 2.05) is 30.3 Å². The Hall–Kier alpha value is -2.37. The summed E-state index contributed by atoms with van der Waals surface area (Å²) in [6, 6.07) is 8.62. The van der Waals surface area contributed by atoms with Crippen molar-refractivity contribution in [3.8, 4) is 0 Å². The van der Waals surface area contributed by atoms with Gasteiger partial charge in [-0.25, -0.2) is 0 Å². The fraction of sp³-hybridized carbons (Fsp3) is 0.438. The molecule has 0 bridgehead atoms. The molecule has 0 aromatic heterocycles. The second-order valence-electron chi connectivity index (χ2n) is 5.29. The third-order valence-corrected chi connectivity index (χ3v) is 3.68. The van der Waals surface area contributed by atoms with Crippen LogP contribution >= 0.6 is 0 Å². The minimum Gasteiger partial charge on any atom is -0.481 e. The largest absolute Gasteiger partial charge is 0.481 e. The van der Waals surface area contributed by atoms with Crippen molar-refractivity contribution in [1.29, 1.82) is 0 Å². The summed E-state index contributed by atoms with van der Waals surface area (Å²) in [6.45, 7) is 0.923. The maximum absolute atomic E-state index is 12.4. The van der Waals surface area contributed by atoms with Gasteiger partial charge in [0.2, 0.25) is 11.8 Å². The average Bonchev–Trinajstić information content (AvgIpc) is 2.51. The number of amides is 2. The molecule has 0 radical (unpaired) electrons. The Balaban J connectivity index is 2.01. The van der Waals surface area contributed by atoms with Gasteiger partial charge in [-0.2, -0.15) is 0 Å². The summed E-state index contributed by atoms with van der Waals surface area (Å²) in [6.07, 6.45) is 1.32. The molecule has 6 heteroatoms. The van der Waals surface area contributed by atoms with E-state index < -0.39 is 12.0 Å². The number of unbranched alkanes of at least 4 members (excludes halogenated alkanes) is 1. The first-order valence-electron chi connectivity index (χ1n) is 7.43. The van der Waals surface area contributed by atoms with E-state index in [1.54, 1.807) is 4.90 Å². The summed E-state index contributed by atoms with van der Waals surface area (Å²) in [5.41, 5.74) is 0.790. The Bertz CT molecular complexity index is 544. The molecule has 1 heterocycles. The molecule has 1 unspecified atom stereocenters. The number of rotatable bonds is 6. The lowest BCUT2D eigenvalue weighted by Gasteiger charge is -2.35. The topological polar surface area (TPSA) is 86.7 Å². The smallest absolute Gasteiger partial charge is 0.303 e. The highest BCUT2D eigenvalue weighted by Crippen LogP contribution is 2.24. The van der Waals surface area contributed by atoms with Crippen LogP contribution in [0, 0.1) is 0 Å². The number of nitrogens with zero attached hydrogens (tertiary/aromatic N) is 1. The van der Waals surface area contributed by atoms with Crippen molar-refractivity contribution < 1.29 is 19.5 Å². The van der Waals surface area contributed by atoms with Crippen LogP contribution in [0.4, 0.5) is 0 Å². The first kappa shape index (κ1) is 16.0. The fourth-order valence-corrected chi connectivity index (χ4v) is 2.60. The van der Waals surface area contributed by atoms with E-state index in [0.29, 0.717) is 25.9 Å². The second-order valence-corrected chi connectivity index (χ2v) is 5.29. The lowest BCUT2D eigenvalue weighted by molar-refractivity contribution is -0.143. The molecular weight excluding hydrogens is 284 g/mol. The van der Waals surface area contributed by atoms with E-state index in [4.69, 9.17) is 5.11 Å². The third kappa shape index (κ3) is 4.07. The van der Waals surface area contributed by atoms with Crippen LogP contribution in [0.1, 0.15) is 37.3 Å². The van der Waals surface area contributed by atoms with E-state index in [0.717, 1.165) is 5.56 Å². The van der Waals surface area contributed by atoms with Gasteiger partial charge in [0, 0.05) is 25.9 Å². The van der Waals surface area contributed by atoms with E-state index in [9.17, 15) is 14.4 Å². The zero-order valence-electron chi connectivity index (χ0n) is 12.3. The van der Waals surface area contributed by atoms with Crippen molar-refractivity contribution in [2.24, 2.45) is 0 Å². The van der Waals surface area contributed by atoms with Gasteiger partial charge in [-0.15, -0.1) is 0 Å². The highest BCUT2D eigenvalue weighted by atomic mass is 16.4. The number of carbonyl (C=O) groups is 3. The Kier molecular flexibility index (Phi) is 5.52. The first-order chi connectivity index (χ1) is 10.6. The molecule has 0 aliphatic carbocycles. The van der Waals surface area contributed by atoms with Crippen LogP contribution in [0.3, 0.4) is 0 Å². The Morgan fingerprint density at radius 1 is 1.18 bits per heavy atom. The summed E-state index contributed by atoms with van der Waals surface area (Å²) in [4.78, 5) is 36.6. The number of piperazine rings is 1. The quantitative estimate of drug-likeness (QED) is 0.776. The van der Waals surface area contributed by atoms with Crippen LogP contribution in [-0.4, -0.2) is 40.9 Å². The molecule has 0 saturated carbocycles. The predicted molar refractivity (Wildman–Crippen MR) is 80.0 cm³/mol. The zero-order valence-corrected chi connectivity index (χ0v) is 12.3. The average molecular weight is 304 g/mol. The molecule has 2 N–H and O–H groups in total. The van der Waals surface area contributed by atoms with Gasteiger partial charge in [0.05, 0.1) is 0 Å². The third-order valence-electron chi connectivity index (χ3n) is 3.68. The number of carbonyl (C=O) groups excluding carboxylic acids is 2. The molecule has 1 fully saturated rings. The zero-order chi connectivity index (χ0) is 15.9. The van der Waals surface area contributed by atoms with Crippen molar-refractivity contribution in [1.82, 2.24) is 10.2 Å². The first-order valence-corrected chi connectivity index (χ1v) is 7.43. The summed E-state index contributed by atoms with van der Waals surface area (Å²) < 4.78 is 0. The second kappa shape index (κ2) is 7.59. The minimum absolute atomic E-state index is 0.0654. The van der Waals surface area contributed by atoms with Gasteiger partial charge < -0.3 is 15.3 Å². The number of carboxylic acid groups (broad SMARTS) is 1. The number of carboxylic acids is 1. The van der Waals surface area contributed by atoms with Crippen molar-refractivity contribution in [2.45, 2.75) is 31.7 Å². The number of hydrogen-bond donors (Lipinski definition) is 2. The molecule has 1 saturated heterocycles.